The van der Waals surface area contributed by atoms with E-state index < -0.39 is 12.1 Å². The SMILES string of the molecule is COc1cc(OC)cc(N2CCC(NC(=O)[C@H]3NCCO[C@@H]3C)C2=O)c1.Cl. The van der Waals surface area contributed by atoms with E-state index in [1.807, 2.05) is 6.92 Å². The van der Waals surface area contributed by atoms with E-state index in [-0.39, 0.29) is 30.3 Å². The van der Waals surface area contributed by atoms with Gasteiger partial charge in [-0.1, -0.05) is 0 Å². The second-order valence-corrected chi connectivity index (χ2v) is 6.42. The van der Waals surface area contributed by atoms with Crippen molar-refractivity contribution in [2.75, 3.05) is 38.8 Å². The van der Waals surface area contributed by atoms with Crippen LogP contribution in [0.5, 0.6) is 11.5 Å². The number of carbonyl (C=O) groups is 2. The molecule has 9 heteroatoms. The number of carbonyl (C=O) groups excluding carboxylic acids is 2. The van der Waals surface area contributed by atoms with Crippen LogP contribution in [0.1, 0.15) is 13.3 Å². The molecule has 27 heavy (non-hydrogen) atoms. The van der Waals surface area contributed by atoms with Gasteiger partial charge >= 0.3 is 0 Å². The molecule has 1 aromatic rings. The first-order valence-electron chi connectivity index (χ1n) is 8.73. The van der Waals surface area contributed by atoms with Gasteiger partial charge in [-0.25, -0.2) is 0 Å². The van der Waals surface area contributed by atoms with Gasteiger partial charge in [0.25, 0.3) is 0 Å². The standard InChI is InChI=1S/C18H25N3O5.ClH/c1-11-16(19-5-7-26-11)17(22)20-15-4-6-21(18(15)23)12-8-13(24-2)10-14(9-12)25-3;/h8-11,15-16,19H,4-7H2,1-3H3,(H,20,22);1H/t11-,15?,16+;/m1./s1. The van der Waals surface area contributed by atoms with Crippen LogP contribution in [0.4, 0.5) is 5.69 Å². The van der Waals surface area contributed by atoms with Crippen LogP contribution in [-0.4, -0.2) is 63.9 Å². The normalized spacial score (nSPS) is 24.9. The molecule has 0 spiro atoms. The Balaban J connectivity index is 0.00000261. The number of hydrogen-bond acceptors (Lipinski definition) is 6. The smallest absolute Gasteiger partial charge is 0.249 e. The Hall–Kier alpha value is -2.03. The fraction of sp³-hybridized carbons (Fsp3) is 0.556. The summed E-state index contributed by atoms with van der Waals surface area (Å²) in [5, 5.41) is 5.99. The third kappa shape index (κ3) is 4.63. The lowest BCUT2D eigenvalue weighted by atomic mass is 10.1. The van der Waals surface area contributed by atoms with Crippen molar-refractivity contribution in [1.29, 1.82) is 0 Å². The molecule has 2 amide bonds. The molecule has 0 aromatic heterocycles. The summed E-state index contributed by atoms with van der Waals surface area (Å²) >= 11 is 0. The molecule has 0 bridgehead atoms. The minimum absolute atomic E-state index is 0. The Morgan fingerprint density at radius 2 is 1.93 bits per heavy atom. The highest BCUT2D eigenvalue weighted by atomic mass is 35.5. The number of morpholine rings is 1. The van der Waals surface area contributed by atoms with Crippen molar-refractivity contribution in [2.24, 2.45) is 0 Å². The van der Waals surface area contributed by atoms with Crippen LogP contribution in [0.15, 0.2) is 18.2 Å². The molecule has 0 aliphatic carbocycles. The minimum Gasteiger partial charge on any atom is -0.497 e. The first-order chi connectivity index (χ1) is 12.5. The van der Waals surface area contributed by atoms with Crippen molar-refractivity contribution in [3.63, 3.8) is 0 Å². The maximum atomic E-state index is 12.8. The predicted octanol–water partition coefficient (Wildman–Crippen LogP) is 0.724. The van der Waals surface area contributed by atoms with Crippen LogP contribution in [-0.2, 0) is 14.3 Å². The monoisotopic (exact) mass is 399 g/mol. The maximum Gasteiger partial charge on any atom is 0.249 e. The van der Waals surface area contributed by atoms with E-state index in [1.165, 1.54) is 0 Å². The molecule has 8 nitrogen and oxygen atoms in total. The van der Waals surface area contributed by atoms with Crippen LogP contribution in [0.25, 0.3) is 0 Å². The minimum atomic E-state index is -0.546. The molecule has 2 fully saturated rings. The molecule has 2 aliphatic rings. The molecule has 2 N–H and O–H groups in total. The number of ether oxygens (including phenoxy) is 3. The van der Waals surface area contributed by atoms with Crippen molar-refractivity contribution in [3.05, 3.63) is 18.2 Å². The highest BCUT2D eigenvalue weighted by Crippen LogP contribution is 2.31. The van der Waals surface area contributed by atoms with Gasteiger partial charge in [-0.05, 0) is 13.3 Å². The van der Waals surface area contributed by atoms with E-state index in [1.54, 1.807) is 37.3 Å². The van der Waals surface area contributed by atoms with E-state index in [4.69, 9.17) is 14.2 Å². The first kappa shape index (κ1) is 21.3. The molecule has 1 aromatic carbocycles. The average Bonchev–Trinajstić information content (AvgIpc) is 3.02. The van der Waals surface area contributed by atoms with E-state index in [0.717, 1.165) is 0 Å². The Bertz CT molecular complexity index is 665. The lowest BCUT2D eigenvalue weighted by molar-refractivity contribution is -0.132. The van der Waals surface area contributed by atoms with Crippen molar-refractivity contribution >= 4 is 29.9 Å². The molecule has 1 unspecified atom stereocenters. The summed E-state index contributed by atoms with van der Waals surface area (Å²) in [5.41, 5.74) is 0.690. The second-order valence-electron chi connectivity index (χ2n) is 6.42. The summed E-state index contributed by atoms with van der Waals surface area (Å²) in [6.07, 6.45) is 0.325. The zero-order valence-electron chi connectivity index (χ0n) is 15.7. The Morgan fingerprint density at radius 1 is 1.26 bits per heavy atom. The Morgan fingerprint density at radius 3 is 2.52 bits per heavy atom. The zero-order valence-corrected chi connectivity index (χ0v) is 16.5. The molecule has 3 atom stereocenters. The van der Waals surface area contributed by atoms with Gasteiger partial charge in [-0.15, -0.1) is 12.4 Å². The first-order valence-corrected chi connectivity index (χ1v) is 8.73. The number of halogens is 1. The van der Waals surface area contributed by atoms with E-state index >= 15 is 0 Å². The number of anilines is 1. The maximum absolute atomic E-state index is 12.8. The predicted molar refractivity (Wildman–Crippen MR) is 103 cm³/mol. The molecule has 2 heterocycles. The highest BCUT2D eigenvalue weighted by Gasteiger charge is 2.37. The van der Waals surface area contributed by atoms with E-state index in [9.17, 15) is 9.59 Å². The molecule has 150 valence electrons. The van der Waals surface area contributed by atoms with Crippen molar-refractivity contribution < 1.29 is 23.8 Å². The van der Waals surface area contributed by atoms with Crippen LogP contribution in [0, 0.1) is 0 Å². The molecule has 0 saturated carbocycles. The zero-order chi connectivity index (χ0) is 18.7. The van der Waals surface area contributed by atoms with Crippen molar-refractivity contribution in [1.82, 2.24) is 10.6 Å². The van der Waals surface area contributed by atoms with Gasteiger partial charge < -0.3 is 29.7 Å². The number of rotatable bonds is 5. The van der Waals surface area contributed by atoms with Crippen molar-refractivity contribution in [3.8, 4) is 11.5 Å². The number of benzene rings is 1. The summed E-state index contributed by atoms with van der Waals surface area (Å²) < 4.78 is 16.0. The molecule has 0 radical (unpaired) electrons. The van der Waals surface area contributed by atoms with Gasteiger partial charge in [0.1, 0.15) is 23.6 Å². The third-order valence-electron chi connectivity index (χ3n) is 4.77. The molecular weight excluding hydrogens is 374 g/mol. The Kier molecular flexibility index (Phi) is 7.29. The molecule has 2 aliphatic heterocycles. The largest absolute Gasteiger partial charge is 0.497 e. The fourth-order valence-electron chi connectivity index (χ4n) is 3.31. The van der Waals surface area contributed by atoms with Crippen LogP contribution in [0.3, 0.4) is 0 Å². The summed E-state index contributed by atoms with van der Waals surface area (Å²) in [6, 6.07) is 4.32. The third-order valence-corrected chi connectivity index (χ3v) is 4.77. The van der Waals surface area contributed by atoms with Gasteiger partial charge in [0, 0.05) is 31.3 Å². The fourth-order valence-corrected chi connectivity index (χ4v) is 3.31. The summed E-state index contributed by atoms with van der Waals surface area (Å²) in [5.74, 6) is 0.868. The lowest BCUT2D eigenvalue weighted by Crippen LogP contribution is -2.57. The quantitative estimate of drug-likeness (QED) is 0.758. The second kappa shape index (κ2) is 9.25. The number of amides is 2. The molecule has 3 rings (SSSR count). The van der Waals surface area contributed by atoms with Gasteiger partial charge in [-0.2, -0.15) is 0 Å². The lowest BCUT2D eigenvalue weighted by Gasteiger charge is -2.30. The van der Waals surface area contributed by atoms with Crippen LogP contribution < -0.4 is 25.0 Å². The van der Waals surface area contributed by atoms with Gasteiger partial charge in [0.05, 0.1) is 32.6 Å². The number of hydrogen-bond donors (Lipinski definition) is 2. The Labute approximate surface area is 164 Å². The average molecular weight is 400 g/mol. The summed E-state index contributed by atoms with van der Waals surface area (Å²) in [4.78, 5) is 26.9. The van der Waals surface area contributed by atoms with E-state index in [2.05, 4.69) is 10.6 Å². The van der Waals surface area contributed by atoms with E-state index in [0.29, 0.717) is 43.3 Å². The number of nitrogens with one attached hydrogen (secondary N) is 2. The number of nitrogens with zero attached hydrogens (tertiary/aromatic N) is 1. The topological polar surface area (TPSA) is 89.1 Å². The summed E-state index contributed by atoms with van der Waals surface area (Å²) in [6.45, 7) is 3.57. The molecular formula is C18H26ClN3O5. The van der Waals surface area contributed by atoms with Gasteiger partial charge in [0.15, 0.2) is 0 Å². The van der Waals surface area contributed by atoms with Crippen LogP contribution in [0.2, 0.25) is 0 Å². The summed E-state index contributed by atoms with van der Waals surface area (Å²) in [7, 11) is 3.13. The number of methoxy groups -OCH3 is 2. The van der Waals surface area contributed by atoms with Gasteiger partial charge in [-0.3, -0.25) is 9.59 Å². The molecule has 2 saturated heterocycles. The van der Waals surface area contributed by atoms with Gasteiger partial charge in [0.2, 0.25) is 11.8 Å². The van der Waals surface area contributed by atoms with Crippen LogP contribution >= 0.6 is 12.4 Å². The van der Waals surface area contributed by atoms with Crippen molar-refractivity contribution in [2.45, 2.75) is 31.5 Å². The highest BCUT2D eigenvalue weighted by molar-refractivity contribution is 6.02.